The molecule has 43 heavy (non-hydrogen) atoms. The lowest BCUT2D eigenvalue weighted by Crippen LogP contribution is -2.62. The lowest BCUT2D eigenvalue weighted by molar-refractivity contribution is -0.893. The van der Waals surface area contributed by atoms with Crippen LogP contribution in [0.3, 0.4) is 0 Å². The van der Waals surface area contributed by atoms with Crippen LogP contribution in [-0.4, -0.2) is 108 Å². The topological polar surface area (TPSA) is 164 Å². The minimum absolute atomic E-state index is 0.00585. The number of carbonyl (C=O) groups is 1. The zero-order chi connectivity index (χ0) is 32.0. The monoisotopic (exact) mass is 631 g/mol. The van der Waals surface area contributed by atoms with Gasteiger partial charge in [0.05, 0.1) is 39.0 Å². The van der Waals surface area contributed by atoms with Crippen molar-refractivity contribution in [1.82, 2.24) is 5.32 Å². The molecule has 4 rings (SSSR count). The Kier molecular flexibility index (Phi) is 10.7. The maximum Gasteiger partial charge on any atom is 0.267 e. The maximum atomic E-state index is 12.7. The molecule has 12 atom stereocenters. The number of aliphatic hydroxyl groups excluding tert-OH is 4. The first kappa shape index (κ1) is 35.0. The summed E-state index contributed by atoms with van der Waals surface area (Å²) in [6.45, 7) is 8.10. The summed E-state index contributed by atoms with van der Waals surface area (Å²) in [4.78, 5) is 12.7. The van der Waals surface area contributed by atoms with Gasteiger partial charge >= 0.3 is 0 Å². The van der Waals surface area contributed by atoms with Crippen molar-refractivity contribution in [3.63, 3.8) is 0 Å². The smallest absolute Gasteiger partial charge is 0.267 e. The number of nitrogens with one attached hydrogen (secondary N) is 1. The van der Waals surface area contributed by atoms with Crippen molar-refractivity contribution in [2.75, 3.05) is 39.5 Å². The highest BCUT2D eigenvalue weighted by atomic mass is 32.2. The van der Waals surface area contributed by atoms with Crippen molar-refractivity contribution in [3.8, 4) is 0 Å². The Labute approximate surface area is 259 Å². The summed E-state index contributed by atoms with van der Waals surface area (Å²) >= 11 is 0. The molecule has 0 aromatic carbocycles. The van der Waals surface area contributed by atoms with Crippen LogP contribution in [-0.2, 0) is 14.9 Å². The zero-order valence-corrected chi connectivity index (χ0v) is 27.8. The predicted molar refractivity (Wildman–Crippen MR) is 164 cm³/mol. The van der Waals surface area contributed by atoms with Gasteiger partial charge in [-0.2, -0.15) is 8.42 Å². The first-order valence-corrected chi connectivity index (χ1v) is 18.2. The third-order valence-electron chi connectivity index (χ3n) is 12.7. The molecule has 10 nitrogen and oxygen atoms in total. The van der Waals surface area contributed by atoms with Gasteiger partial charge in [0.1, 0.15) is 18.4 Å². The molecule has 6 N–H and O–H groups in total. The molecule has 0 saturated heterocycles. The number of carbonyl (C=O) groups excluding carboxylic acids is 1. The first-order valence-electron chi connectivity index (χ1n) is 16.6. The van der Waals surface area contributed by atoms with Gasteiger partial charge in [-0.05, 0) is 97.7 Å². The average molecular weight is 632 g/mol. The van der Waals surface area contributed by atoms with Crippen molar-refractivity contribution in [1.29, 1.82) is 0 Å². The van der Waals surface area contributed by atoms with E-state index in [1.54, 1.807) is 0 Å². The zero-order valence-electron chi connectivity index (χ0n) is 27.0. The minimum Gasteiger partial charge on any atom is -0.393 e. The fourth-order valence-electron chi connectivity index (χ4n) is 10.5. The second-order valence-corrected chi connectivity index (χ2v) is 17.5. The van der Waals surface area contributed by atoms with Crippen LogP contribution in [0.4, 0.5) is 0 Å². The van der Waals surface area contributed by atoms with Gasteiger partial charge in [0, 0.05) is 19.4 Å². The van der Waals surface area contributed by atoms with Gasteiger partial charge < -0.3 is 30.2 Å². The third kappa shape index (κ3) is 7.60. The molecule has 0 heterocycles. The number of fused-ring (bicyclic) bond motifs is 5. The van der Waals surface area contributed by atoms with E-state index in [0.717, 1.165) is 44.9 Å². The Hall–Kier alpha value is -0.820. The third-order valence-corrected chi connectivity index (χ3v) is 13.5. The van der Waals surface area contributed by atoms with Crippen LogP contribution in [0.1, 0.15) is 85.0 Å². The summed E-state index contributed by atoms with van der Waals surface area (Å²) in [6, 6.07) is 0. The molecule has 0 bridgehead atoms. The van der Waals surface area contributed by atoms with Gasteiger partial charge in [-0.1, -0.05) is 20.8 Å². The molecule has 4 saturated carbocycles. The van der Waals surface area contributed by atoms with Crippen LogP contribution in [0.5, 0.6) is 0 Å². The standard InChI is InChI=1S/C32H58N2O8S/c1-20(7-10-29(39)33-13-6-14-34(4,5)18-23(36)19-43(40,41)42)24-8-9-25-30-26(17-28(38)32(24,25)3)31(2)12-11-22(35)15-21(31)16-27(30)37/h20-28,30,35-38H,6-19H2,1-5H3,(H-,33,39,40,41,42)/p+1/t20-,21+,22-,23?,24-,25?,26?,27?,28+,30?,31?,32?/m1/s1. The van der Waals surface area contributed by atoms with Gasteiger partial charge in [0.15, 0.2) is 0 Å². The van der Waals surface area contributed by atoms with Crippen LogP contribution in [0.2, 0.25) is 0 Å². The van der Waals surface area contributed by atoms with Crippen molar-refractivity contribution in [3.05, 3.63) is 0 Å². The normalized spacial score (nSPS) is 41.1. The highest BCUT2D eigenvalue weighted by Gasteiger charge is 2.65. The number of likely N-dealkylation sites (N-methyl/N-ethyl adjacent to an activating group) is 1. The van der Waals surface area contributed by atoms with Crippen molar-refractivity contribution >= 4 is 16.0 Å². The molecule has 0 aromatic rings. The van der Waals surface area contributed by atoms with Crippen LogP contribution < -0.4 is 5.32 Å². The molecule has 0 aliphatic heterocycles. The van der Waals surface area contributed by atoms with E-state index < -0.39 is 28.1 Å². The molecule has 1 amide bonds. The van der Waals surface area contributed by atoms with E-state index in [-0.39, 0.29) is 59.2 Å². The van der Waals surface area contributed by atoms with E-state index >= 15 is 0 Å². The van der Waals surface area contributed by atoms with Crippen LogP contribution >= 0.6 is 0 Å². The molecule has 7 unspecified atom stereocenters. The first-order chi connectivity index (χ1) is 19.9. The summed E-state index contributed by atoms with van der Waals surface area (Å²) in [5, 5.41) is 46.5. The highest BCUT2D eigenvalue weighted by Crippen LogP contribution is 2.68. The number of quaternary nitrogens is 1. The second kappa shape index (κ2) is 13.1. The Bertz CT molecular complexity index is 1090. The predicted octanol–water partition coefficient (Wildman–Crippen LogP) is 2.20. The molecule has 0 radical (unpaired) electrons. The van der Waals surface area contributed by atoms with Crippen molar-refractivity contribution < 1.29 is 42.7 Å². The van der Waals surface area contributed by atoms with Crippen LogP contribution in [0, 0.1) is 46.3 Å². The summed E-state index contributed by atoms with van der Waals surface area (Å²) in [6.07, 6.45) is 5.56. The van der Waals surface area contributed by atoms with Gasteiger partial charge in [0.2, 0.25) is 5.91 Å². The number of hydrogen-bond acceptors (Lipinski definition) is 7. The summed E-state index contributed by atoms with van der Waals surface area (Å²) < 4.78 is 31.3. The fourth-order valence-corrected chi connectivity index (χ4v) is 11.1. The van der Waals surface area contributed by atoms with Gasteiger partial charge in [0.25, 0.3) is 10.1 Å². The van der Waals surface area contributed by atoms with E-state index in [1.165, 1.54) is 0 Å². The Morgan fingerprint density at radius 1 is 1.05 bits per heavy atom. The Balaban J connectivity index is 1.27. The lowest BCUT2D eigenvalue weighted by atomic mass is 9.43. The molecule has 0 aromatic heterocycles. The van der Waals surface area contributed by atoms with E-state index in [4.69, 9.17) is 4.55 Å². The quantitative estimate of drug-likeness (QED) is 0.108. The lowest BCUT2D eigenvalue weighted by Gasteiger charge is -2.63. The van der Waals surface area contributed by atoms with Crippen LogP contribution in [0.25, 0.3) is 0 Å². The number of nitrogens with zero attached hydrogens (tertiary/aromatic N) is 1. The molecule has 4 aliphatic carbocycles. The maximum absolute atomic E-state index is 12.7. The Morgan fingerprint density at radius 3 is 2.42 bits per heavy atom. The average Bonchev–Trinajstić information content (AvgIpc) is 3.24. The van der Waals surface area contributed by atoms with Gasteiger partial charge in [-0.25, -0.2) is 0 Å². The number of rotatable bonds is 12. The molecule has 4 aliphatic rings. The highest BCUT2D eigenvalue weighted by molar-refractivity contribution is 7.85. The van der Waals surface area contributed by atoms with Crippen molar-refractivity contribution in [2.24, 2.45) is 46.3 Å². The van der Waals surface area contributed by atoms with E-state index in [9.17, 15) is 33.6 Å². The molecular weight excluding hydrogens is 572 g/mol. The largest absolute Gasteiger partial charge is 0.393 e. The number of hydrogen-bond donors (Lipinski definition) is 6. The van der Waals surface area contributed by atoms with Crippen LogP contribution in [0.15, 0.2) is 0 Å². The second-order valence-electron chi connectivity index (χ2n) is 16.0. The van der Waals surface area contributed by atoms with E-state index in [1.807, 2.05) is 14.1 Å². The molecule has 11 heteroatoms. The molecular formula is C32H59N2O8S+. The number of amides is 1. The number of aliphatic hydroxyl groups is 4. The summed E-state index contributed by atoms with van der Waals surface area (Å²) in [7, 11) is -0.484. The molecule has 4 fully saturated rings. The SMILES string of the molecule is C[C@H](CCC(=O)NCCC[N+](C)(C)CC(O)CS(=O)(=O)O)[C@H]1CCC2C3C(O)C[C@@H]4C[C@H](O)CCC4(C)C3C[C@H](O)C21C. The summed E-state index contributed by atoms with van der Waals surface area (Å²) in [5.41, 5.74) is -0.222. The minimum atomic E-state index is -4.23. The van der Waals surface area contributed by atoms with Gasteiger partial charge in [-0.15, -0.1) is 0 Å². The van der Waals surface area contributed by atoms with Crippen molar-refractivity contribution in [2.45, 2.75) is 109 Å². The fraction of sp³-hybridized carbons (Fsp3) is 0.969. The van der Waals surface area contributed by atoms with E-state index in [0.29, 0.717) is 48.7 Å². The van der Waals surface area contributed by atoms with Gasteiger partial charge in [-0.3, -0.25) is 9.35 Å². The van der Waals surface area contributed by atoms with E-state index in [2.05, 4.69) is 26.1 Å². The molecule has 0 spiro atoms. The molecule has 250 valence electrons. The Morgan fingerprint density at radius 2 is 1.74 bits per heavy atom. The summed E-state index contributed by atoms with van der Waals surface area (Å²) in [5.74, 6) is 0.890.